The summed E-state index contributed by atoms with van der Waals surface area (Å²) in [6.45, 7) is 3.56. The topological polar surface area (TPSA) is 58.2 Å². The molecule has 104 valence electrons. The Morgan fingerprint density at radius 2 is 2.00 bits per heavy atom. The summed E-state index contributed by atoms with van der Waals surface area (Å²) in [5, 5.41) is 5.02. The SMILES string of the molecule is CCCCC(=O)NC(C)C(=O)Nc1ccccc1F. The summed E-state index contributed by atoms with van der Waals surface area (Å²) in [4.78, 5) is 23.3. The zero-order valence-electron chi connectivity index (χ0n) is 11.2. The average molecular weight is 266 g/mol. The highest BCUT2D eigenvalue weighted by molar-refractivity contribution is 5.96. The van der Waals surface area contributed by atoms with E-state index >= 15 is 0 Å². The standard InChI is InChI=1S/C14H19FN2O2/c1-3-4-9-13(18)16-10(2)14(19)17-12-8-6-5-7-11(12)15/h5-8,10H,3-4,9H2,1-2H3,(H,16,18)(H,17,19). The summed E-state index contributed by atoms with van der Waals surface area (Å²) in [7, 11) is 0. The zero-order chi connectivity index (χ0) is 14.3. The molecule has 0 aliphatic heterocycles. The zero-order valence-corrected chi connectivity index (χ0v) is 11.2. The summed E-state index contributed by atoms with van der Waals surface area (Å²) in [6, 6.07) is 5.22. The number of hydrogen-bond acceptors (Lipinski definition) is 2. The molecule has 0 fully saturated rings. The highest BCUT2D eigenvalue weighted by Gasteiger charge is 2.16. The van der Waals surface area contributed by atoms with Crippen LogP contribution in [0.2, 0.25) is 0 Å². The van der Waals surface area contributed by atoms with E-state index in [2.05, 4.69) is 10.6 Å². The third kappa shape index (κ3) is 5.07. The van der Waals surface area contributed by atoms with Crippen LogP contribution in [0.4, 0.5) is 10.1 Å². The van der Waals surface area contributed by atoms with E-state index in [1.54, 1.807) is 19.1 Å². The molecule has 0 saturated heterocycles. The van der Waals surface area contributed by atoms with Crippen LogP contribution in [-0.2, 0) is 9.59 Å². The Kier molecular flexibility index (Phi) is 5.99. The molecule has 0 saturated carbocycles. The minimum atomic E-state index is -0.691. The molecule has 1 unspecified atom stereocenters. The number of hydrogen-bond donors (Lipinski definition) is 2. The van der Waals surface area contributed by atoms with Crippen molar-refractivity contribution in [3.8, 4) is 0 Å². The Hall–Kier alpha value is -1.91. The quantitative estimate of drug-likeness (QED) is 0.831. The first-order valence-corrected chi connectivity index (χ1v) is 6.39. The molecule has 1 aromatic rings. The van der Waals surface area contributed by atoms with Gasteiger partial charge >= 0.3 is 0 Å². The molecule has 19 heavy (non-hydrogen) atoms. The highest BCUT2D eigenvalue weighted by atomic mass is 19.1. The van der Waals surface area contributed by atoms with Crippen molar-refractivity contribution in [2.45, 2.75) is 39.2 Å². The second-order valence-corrected chi connectivity index (χ2v) is 4.36. The van der Waals surface area contributed by atoms with Crippen LogP contribution in [0.15, 0.2) is 24.3 Å². The van der Waals surface area contributed by atoms with E-state index in [4.69, 9.17) is 0 Å². The van der Waals surface area contributed by atoms with Gasteiger partial charge in [0.25, 0.3) is 0 Å². The maximum atomic E-state index is 13.3. The van der Waals surface area contributed by atoms with E-state index in [1.165, 1.54) is 12.1 Å². The number of unbranched alkanes of at least 4 members (excludes halogenated alkanes) is 1. The summed E-state index contributed by atoms with van der Waals surface area (Å²) < 4.78 is 13.3. The van der Waals surface area contributed by atoms with Gasteiger partial charge in [0.15, 0.2) is 0 Å². The van der Waals surface area contributed by atoms with Crippen molar-refractivity contribution >= 4 is 17.5 Å². The number of nitrogens with one attached hydrogen (secondary N) is 2. The number of amides is 2. The first-order valence-electron chi connectivity index (χ1n) is 6.39. The molecule has 5 heteroatoms. The molecular weight excluding hydrogens is 247 g/mol. The van der Waals surface area contributed by atoms with Gasteiger partial charge in [0.05, 0.1) is 5.69 Å². The van der Waals surface area contributed by atoms with Gasteiger partial charge in [-0.1, -0.05) is 25.5 Å². The predicted molar refractivity (Wildman–Crippen MR) is 72.2 cm³/mol. The van der Waals surface area contributed by atoms with Gasteiger partial charge in [-0.3, -0.25) is 9.59 Å². The van der Waals surface area contributed by atoms with Gasteiger partial charge in [-0.2, -0.15) is 0 Å². The Morgan fingerprint density at radius 1 is 1.32 bits per heavy atom. The lowest BCUT2D eigenvalue weighted by Gasteiger charge is -2.14. The van der Waals surface area contributed by atoms with Crippen LogP contribution in [0.3, 0.4) is 0 Å². The third-order valence-corrected chi connectivity index (χ3v) is 2.66. The van der Waals surface area contributed by atoms with E-state index in [1.807, 2.05) is 6.92 Å². The Bertz CT molecular complexity index is 449. The van der Waals surface area contributed by atoms with Crippen molar-refractivity contribution in [3.05, 3.63) is 30.1 Å². The largest absolute Gasteiger partial charge is 0.345 e. The molecule has 0 bridgehead atoms. The number of anilines is 1. The molecule has 1 rings (SSSR count). The van der Waals surface area contributed by atoms with Crippen LogP contribution >= 0.6 is 0 Å². The van der Waals surface area contributed by atoms with E-state index < -0.39 is 17.8 Å². The van der Waals surface area contributed by atoms with Crippen LogP contribution in [0.25, 0.3) is 0 Å². The van der Waals surface area contributed by atoms with Crippen LogP contribution in [-0.4, -0.2) is 17.9 Å². The van der Waals surface area contributed by atoms with Gasteiger partial charge in [-0.15, -0.1) is 0 Å². The van der Waals surface area contributed by atoms with Crippen molar-refractivity contribution < 1.29 is 14.0 Å². The lowest BCUT2D eigenvalue weighted by atomic mass is 10.2. The second kappa shape index (κ2) is 7.51. The van der Waals surface area contributed by atoms with Gasteiger partial charge < -0.3 is 10.6 Å². The highest BCUT2D eigenvalue weighted by Crippen LogP contribution is 2.12. The van der Waals surface area contributed by atoms with Crippen molar-refractivity contribution in [1.29, 1.82) is 0 Å². The molecule has 2 amide bonds. The van der Waals surface area contributed by atoms with Crippen LogP contribution in [0.5, 0.6) is 0 Å². The molecule has 0 spiro atoms. The lowest BCUT2D eigenvalue weighted by molar-refractivity contribution is -0.126. The van der Waals surface area contributed by atoms with Gasteiger partial charge in [-0.05, 0) is 25.5 Å². The molecule has 0 aliphatic carbocycles. The molecule has 0 radical (unpaired) electrons. The maximum Gasteiger partial charge on any atom is 0.246 e. The number of carbonyl (C=O) groups excluding carboxylic acids is 2. The van der Waals surface area contributed by atoms with E-state index in [0.29, 0.717) is 6.42 Å². The maximum absolute atomic E-state index is 13.3. The number of rotatable bonds is 6. The smallest absolute Gasteiger partial charge is 0.246 e. The molecule has 0 aliphatic rings. The predicted octanol–water partition coefficient (Wildman–Crippen LogP) is 2.46. The summed E-state index contributed by atoms with van der Waals surface area (Å²) in [6.07, 6.45) is 2.10. The van der Waals surface area contributed by atoms with E-state index in [9.17, 15) is 14.0 Å². The first kappa shape index (κ1) is 15.1. The minimum absolute atomic E-state index is 0.113. The molecular formula is C14H19FN2O2. The molecule has 2 N–H and O–H groups in total. The van der Waals surface area contributed by atoms with Crippen molar-refractivity contribution in [2.24, 2.45) is 0 Å². The lowest BCUT2D eigenvalue weighted by Crippen LogP contribution is -2.41. The fourth-order valence-corrected chi connectivity index (χ4v) is 1.52. The third-order valence-electron chi connectivity index (χ3n) is 2.66. The van der Waals surface area contributed by atoms with Crippen molar-refractivity contribution in [3.63, 3.8) is 0 Å². The molecule has 1 aromatic carbocycles. The van der Waals surface area contributed by atoms with Gasteiger partial charge in [0, 0.05) is 6.42 Å². The average Bonchev–Trinajstić information content (AvgIpc) is 2.38. The molecule has 0 aromatic heterocycles. The molecule has 0 heterocycles. The van der Waals surface area contributed by atoms with Gasteiger partial charge in [0.2, 0.25) is 11.8 Å². The minimum Gasteiger partial charge on any atom is -0.345 e. The number of benzene rings is 1. The number of para-hydroxylation sites is 1. The monoisotopic (exact) mass is 266 g/mol. The number of carbonyl (C=O) groups is 2. The van der Waals surface area contributed by atoms with Crippen LogP contribution < -0.4 is 10.6 Å². The second-order valence-electron chi connectivity index (χ2n) is 4.36. The Balaban J connectivity index is 2.49. The Morgan fingerprint density at radius 3 is 2.63 bits per heavy atom. The molecule has 4 nitrogen and oxygen atoms in total. The normalized spacial score (nSPS) is 11.7. The number of halogens is 1. The van der Waals surface area contributed by atoms with Crippen LogP contribution in [0.1, 0.15) is 33.1 Å². The van der Waals surface area contributed by atoms with E-state index in [-0.39, 0.29) is 11.6 Å². The van der Waals surface area contributed by atoms with Gasteiger partial charge in [0.1, 0.15) is 11.9 Å². The van der Waals surface area contributed by atoms with Crippen molar-refractivity contribution in [2.75, 3.05) is 5.32 Å². The summed E-state index contributed by atoms with van der Waals surface area (Å²) in [5.41, 5.74) is 0.113. The fourth-order valence-electron chi connectivity index (χ4n) is 1.52. The summed E-state index contributed by atoms with van der Waals surface area (Å²) in [5.74, 6) is -1.10. The van der Waals surface area contributed by atoms with Crippen LogP contribution in [0, 0.1) is 5.82 Å². The van der Waals surface area contributed by atoms with Crippen molar-refractivity contribution in [1.82, 2.24) is 5.32 Å². The molecule has 1 atom stereocenters. The van der Waals surface area contributed by atoms with E-state index in [0.717, 1.165) is 12.8 Å². The fraction of sp³-hybridized carbons (Fsp3) is 0.429. The van der Waals surface area contributed by atoms with Gasteiger partial charge in [-0.25, -0.2) is 4.39 Å². The first-order chi connectivity index (χ1) is 9.04. The Labute approximate surface area is 112 Å². The summed E-state index contributed by atoms with van der Waals surface area (Å²) >= 11 is 0.